The van der Waals surface area contributed by atoms with Crippen molar-refractivity contribution in [2.24, 2.45) is 0 Å². The first-order chi connectivity index (χ1) is 5.33. The maximum atomic E-state index is 8.67. The lowest BCUT2D eigenvalue weighted by Gasteiger charge is -1.90. The van der Waals surface area contributed by atoms with Gasteiger partial charge in [-0.25, -0.2) is 0 Å². The number of nitrogens with zero attached hydrogens (tertiary/aromatic N) is 1. The average Bonchev–Trinajstić information content (AvgIpc) is 2.54. The van der Waals surface area contributed by atoms with Crippen molar-refractivity contribution in [1.29, 1.82) is 5.26 Å². The summed E-state index contributed by atoms with van der Waals surface area (Å²) in [5, 5.41) is 8.67. The zero-order chi connectivity index (χ0) is 7.84. The lowest BCUT2D eigenvalue weighted by molar-refractivity contribution is 0.357. The van der Waals surface area contributed by atoms with Gasteiger partial charge in [-0.3, -0.25) is 0 Å². The Morgan fingerprint density at radius 2 is 2.45 bits per heavy atom. The van der Waals surface area contributed by atoms with Crippen molar-refractivity contribution in [1.82, 2.24) is 0 Å². The summed E-state index contributed by atoms with van der Waals surface area (Å²) >= 11 is 4.84. The molecular weight excluding hydrogens is 226 g/mol. The van der Waals surface area contributed by atoms with Gasteiger partial charge in [-0.15, -0.1) is 11.3 Å². The van der Waals surface area contributed by atoms with Crippen molar-refractivity contribution in [2.75, 3.05) is 6.61 Å². The monoisotopic (exact) mass is 229 g/mol. The summed E-state index contributed by atoms with van der Waals surface area (Å²) in [6.45, 7) is 0.714. The predicted molar refractivity (Wildman–Crippen MR) is 45.9 cm³/mol. The lowest BCUT2D eigenvalue weighted by atomic mass is 10.2. The van der Waals surface area contributed by atoms with Crippen LogP contribution in [0.25, 0.3) is 0 Å². The summed E-state index contributed by atoms with van der Waals surface area (Å²) < 4.78 is 6.34. The van der Waals surface area contributed by atoms with Crippen LogP contribution in [0.4, 0.5) is 0 Å². The third-order valence-corrected chi connectivity index (χ3v) is 3.48. The van der Waals surface area contributed by atoms with E-state index in [4.69, 9.17) is 10.00 Å². The summed E-state index contributed by atoms with van der Waals surface area (Å²) in [5.41, 5.74) is 1.16. The van der Waals surface area contributed by atoms with E-state index in [9.17, 15) is 0 Å². The molecule has 2 heterocycles. The van der Waals surface area contributed by atoms with E-state index in [0.29, 0.717) is 11.5 Å². The number of rotatable bonds is 0. The summed E-state index contributed by atoms with van der Waals surface area (Å²) in [6, 6.07) is 2.11. The third-order valence-electron chi connectivity index (χ3n) is 1.61. The molecule has 1 aromatic heterocycles. The number of ether oxygens (including phenoxy) is 1. The van der Waals surface area contributed by atoms with Crippen LogP contribution in [0.3, 0.4) is 0 Å². The Bertz CT molecular complexity index is 339. The second kappa shape index (κ2) is 2.50. The van der Waals surface area contributed by atoms with E-state index < -0.39 is 0 Å². The van der Waals surface area contributed by atoms with Gasteiger partial charge in [0.25, 0.3) is 0 Å². The van der Waals surface area contributed by atoms with E-state index in [-0.39, 0.29) is 0 Å². The SMILES string of the molecule is N#Cc1sc(Br)c2c1OCC2. The molecule has 1 aromatic rings. The van der Waals surface area contributed by atoms with E-state index >= 15 is 0 Å². The van der Waals surface area contributed by atoms with Gasteiger partial charge in [-0.1, -0.05) is 0 Å². The van der Waals surface area contributed by atoms with Crippen molar-refractivity contribution in [3.8, 4) is 11.8 Å². The van der Waals surface area contributed by atoms with Gasteiger partial charge in [0.2, 0.25) is 0 Å². The van der Waals surface area contributed by atoms with E-state index in [0.717, 1.165) is 21.5 Å². The van der Waals surface area contributed by atoms with Gasteiger partial charge >= 0.3 is 0 Å². The molecule has 0 saturated heterocycles. The van der Waals surface area contributed by atoms with Gasteiger partial charge in [0.1, 0.15) is 10.9 Å². The summed E-state index contributed by atoms with van der Waals surface area (Å²) in [7, 11) is 0. The number of thiophene rings is 1. The van der Waals surface area contributed by atoms with Crippen LogP contribution in [0.2, 0.25) is 0 Å². The van der Waals surface area contributed by atoms with Crippen LogP contribution in [0.15, 0.2) is 3.79 Å². The molecule has 0 saturated carbocycles. The Hall–Kier alpha value is -0.530. The number of fused-ring (bicyclic) bond motifs is 1. The van der Waals surface area contributed by atoms with Crippen LogP contribution < -0.4 is 4.74 Å². The number of hydrogen-bond acceptors (Lipinski definition) is 3. The van der Waals surface area contributed by atoms with Crippen LogP contribution in [0.5, 0.6) is 5.75 Å². The molecule has 0 atom stereocenters. The Balaban J connectivity index is 2.63. The average molecular weight is 230 g/mol. The van der Waals surface area contributed by atoms with Crippen LogP contribution >= 0.6 is 27.3 Å². The zero-order valence-corrected chi connectivity index (χ0v) is 7.96. The molecule has 0 fully saturated rings. The number of halogens is 1. The summed E-state index contributed by atoms with van der Waals surface area (Å²) in [4.78, 5) is 0.685. The molecule has 56 valence electrons. The van der Waals surface area contributed by atoms with Gasteiger partial charge in [0, 0.05) is 12.0 Å². The Labute approximate surface area is 76.5 Å². The quantitative estimate of drug-likeness (QED) is 0.685. The molecule has 1 aliphatic rings. The molecule has 0 aliphatic carbocycles. The molecular formula is C7H4BrNOS. The zero-order valence-electron chi connectivity index (χ0n) is 5.56. The van der Waals surface area contributed by atoms with Crippen molar-refractivity contribution in [3.05, 3.63) is 14.2 Å². The molecule has 1 aliphatic heterocycles. The highest BCUT2D eigenvalue weighted by Crippen LogP contribution is 2.41. The molecule has 0 bridgehead atoms. The molecule has 0 N–H and O–H groups in total. The van der Waals surface area contributed by atoms with Gasteiger partial charge in [0.05, 0.1) is 10.4 Å². The normalized spacial score (nSPS) is 13.8. The second-order valence-corrected chi connectivity index (χ2v) is 4.56. The Kier molecular flexibility index (Phi) is 1.63. The first-order valence-corrected chi connectivity index (χ1v) is 4.78. The Morgan fingerprint density at radius 3 is 3.18 bits per heavy atom. The fraction of sp³-hybridized carbons (Fsp3) is 0.286. The number of hydrogen-bond donors (Lipinski definition) is 0. The highest BCUT2D eigenvalue weighted by atomic mass is 79.9. The minimum absolute atomic E-state index is 0.685. The van der Waals surface area contributed by atoms with Crippen molar-refractivity contribution in [3.63, 3.8) is 0 Å². The second-order valence-electron chi connectivity index (χ2n) is 2.22. The van der Waals surface area contributed by atoms with Crippen LogP contribution in [0.1, 0.15) is 10.4 Å². The summed E-state index contributed by atoms with van der Waals surface area (Å²) in [6.07, 6.45) is 0.925. The molecule has 2 nitrogen and oxygen atoms in total. The van der Waals surface area contributed by atoms with Crippen LogP contribution in [-0.2, 0) is 6.42 Å². The van der Waals surface area contributed by atoms with Gasteiger partial charge < -0.3 is 4.74 Å². The molecule has 0 radical (unpaired) electrons. The number of nitriles is 1. The fourth-order valence-electron chi connectivity index (χ4n) is 1.12. The molecule has 0 amide bonds. The first-order valence-electron chi connectivity index (χ1n) is 3.17. The first kappa shape index (κ1) is 7.14. The minimum atomic E-state index is 0.685. The van der Waals surface area contributed by atoms with E-state index in [2.05, 4.69) is 22.0 Å². The predicted octanol–water partition coefficient (Wildman–Crippen LogP) is 2.32. The minimum Gasteiger partial charge on any atom is -0.491 e. The highest BCUT2D eigenvalue weighted by molar-refractivity contribution is 9.11. The third kappa shape index (κ3) is 0.959. The highest BCUT2D eigenvalue weighted by Gasteiger charge is 2.22. The largest absolute Gasteiger partial charge is 0.491 e. The molecule has 11 heavy (non-hydrogen) atoms. The molecule has 0 aromatic carbocycles. The molecule has 4 heteroatoms. The van der Waals surface area contributed by atoms with Crippen LogP contribution in [-0.4, -0.2) is 6.61 Å². The molecule has 0 unspecified atom stereocenters. The summed E-state index contributed by atoms with van der Waals surface area (Å²) in [5.74, 6) is 0.796. The van der Waals surface area contributed by atoms with E-state index in [1.807, 2.05) is 0 Å². The van der Waals surface area contributed by atoms with Crippen molar-refractivity contribution >= 4 is 27.3 Å². The van der Waals surface area contributed by atoms with E-state index in [1.54, 1.807) is 0 Å². The van der Waals surface area contributed by atoms with Gasteiger partial charge in [-0.2, -0.15) is 5.26 Å². The Morgan fingerprint density at radius 1 is 1.64 bits per heavy atom. The lowest BCUT2D eigenvalue weighted by Crippen LogP contribution is -1.88. The van der Waals surface area contributed by atoms with Gasteiger partial charge in [0.15, 0.2) is 5.75 Å². The molecule has 0 spiro atoms. The molecule has 2 rings (SSSR count). The topological polar surface area (TPSA) is 33.0 Å². The standard InChI is InChI=1S/C7H4BrNOS/c8-7-4-1-2-10-6(4)5(3-9)11-7/h1-2H2. The van der Waals surface area contributed by atoms with Gasteiger partial charge in [-0.05, 0) is 15.9 Å². The smallest absolute Gasteiger partial charge is 0.152 e. The van der Waals surface area contributed by atoms with E-state index in [1.165, 1.54) is 11.3 Å². The van der Waals surface area contributed by atoms with Crippen molar-refractivity contribution < 1.29 is 4.74 Å². The van der Waals surface area contributed by atoms with Crippen molar-refractivity contribution in [2.45, 2.75) is 6.42 Å². The maximum absolute atomic E-state index is 8.67. The fourth-order valence-corrected chi connectivity index (χ4v) is 2.80. The van der Waals surface area contributed by atoms with Crippen LogP contribution in [0, 0.1) is 11.3 Å². The maximum Gasteiger partial charge on any atom is 0.152 e.